The van der Waals surface area contributed by atoms with Gasteiger partial charge in [0.05, 0.1) is 0 Å². The van der Waals surface area contributed by atoms with Gasteiger partial charge in [-0.2, -0.15) is 10.1 Å². The summed E-state index contributed by atoms with van der Waals surface area (Å²) >= 11 is 3.02. The van der Waals surface area contributed by atoms with Crippen molar-refractivity contribution in [1.82, 2.24) is 15.2 Å². The fourth-order valence-electron chi connectivity index (χ4n) is 3.19. The van der Waals surface area contributed by atoms with Crippen molar-refractivity contribution in [2.75, 3.05) is 5.32 Å². The molecule has 0 bridgehead atoms. The molecule has 1 aliphatic heterocycles. The molecule has 1 aliphatic rings. The Balaban J connectivity index is 1.68. The van der Waals surface area contributed by atoms with Crippen LogP contribution >= 0.6 is 23.1 Å². The van der Waals surface area contributed by atoms with Crippen LogP contribution < -0.4 is 5.32 Å². The number of hydrazone groups is 1. The molecule has 0 saturated heterocycles. The van der Waals surface area contributed by atoms with Crippen LogP contribution in [0.1, 0.15) is 57.5 Å². The lowest BCUT2D eigenvalue weighted by Crippen LogP contribution is -2.30. The predicted molar refractivity (Wildman–Crippen MR) is 131 cm³/mol. The minimum atomic E-state index is -0.304. The van der Waals surface area contributed by atoms with Gasteiger partial charge >= 0.3 is 6.03 Å². The first kappa shape index (κ1) is 21.8. The second kappa shape index (κ2) is 7.91. The fourth-order valence-corrected chi connectivity index (χ4v) is 5.26. The standard InChI is InChI=1S/C23H27N5OS2/c1-22(2,3)18-25-26-20(31-18)24-21(29)28-17(30-19(27-28)23(4,5)6)16-13-9-11-14-10-7-8-12-15(14)16/h7-13,17H,1-6H3,(H,24,26,29). The predicted octanol–water partition coefficient (Wildman–Crippen LogP) is 6.63. The Hall–Kier alpha value is -2.45. The number of rotatable bonds is 2. The number of hydrogen-bond acceptors (Lipinski definition) is 6. The summed E-state index contributed by atoms with van der Waals surface area (Å²) in [5, 5.41) is 21.9. The average Bonchev–Trinajstić information content (AvgIpc) is 3.34. The monoisotopic (exact) mass is 453 g/mol. The van der Waals surface area contributed by atoms with Crippen LogP contribution in [0.4, 0.5) is 9.93 Å². The number of anilines is 1. The maximum atomic E-state index is 13.3. The first-order chi connectivity index (χ1) is 14.5. The van der Waals surface area contributed by atoms with E-state index in [1.807, 2.05) is 18.2 Å². The van der Waals surface area contributed by atoms with Gasteiger partial charge < -0.3 is 0 Å². The second-order valence-electron chi connectivity index (χ2n) is 9.63. The molecule has 2 aromatic carbocycles. The molecule has 2 amide bonds. The van der Waals surface area contributed by atoms with Crippen molar-refractivity contribution >= 4 is 50.1 Å². The molecule has 0 aliphatic carbocycles. The first-order valence-electron chi connectivity index (χ1n) is 10.2. The first-order valence-corrected chi connectivity index (χ1v) is 11.9. The molecule has 4 rings (SSSR count). The number of nitrogens with one attached hydrogen (secondary N) is 1. The van der Waals surface area contributed by atoms with E-state index in [4.69, 9.17) is 5.10 Å². The quantitative estimate of drug-likeness (QED) is 0.473. The number of fused-ring (bicyclic) bond motifs is 1. The highest BCUT2D eigenvalue weighted by molar-refractivity contribution is 8.14. The number of urea groups is 1. The van der Waals surface area contributed by atoms with Crippen LogP contribution in [-0.4, -0.2) is 26.3 Å². The highest BCUT2D eigenvalue weighted by Crippen LogP contribution is 2.46. The van der Waals surface area contributed by atoms with E-state index in [1.165, 1.54) is 11.3 Å². The number of carbonyl (C=O) groups is 1. The molecule has 0 fully saturated rings. The lowest BCUT2D eigenvalue weighted by Gasteiger charge is -2.22. The Bertz CT molecular complexity index is 1150. The number of thioether (sulfide) groups is 1. The SMILES string of the molecule is CC(C)(C)C1=NN(C(=O)Nc2nnc(C(C)(C)C)s2)C(c2cccc3ccccc23)S1. The zero-order valence-corrected chi connectivity index (χ0v) is 20.3. The maximum absolute atomic E-state index is 13.3. The van der Waals surface area contributed by atoms with E-state index in [0.717, 1.165) is 26.4 Å². The summed E-state index contributed by atoms with van der Waals surface area (Å²) in [6.07, 6.45) is 0. The number of benzene rings is 2. The fraction of sp³-hybridized carbons (Fsp3) is 0.391. The van der Waals surface area contributed by atoms with Crippen molar-refractivity contribution in [3.63, 3.8) is 0 Å². The van der Waals surface area contributed by atoms with Gasteiger partial charge in [-0.1, -0.05) is 107 Å². The van der Waals surface area contributed by atoms with Crippen LogP contribution in [0.2, 0.25) is 0 Å². The summed E-state index contributed by atoms with van der Waals surface area (Å²) in [5.41, 5.74) is 0.784. The van der Waals surface area contributed by atoms with Gasteiger partial charge in [0.2, 0.25) is 5.13 Å². The molecule has 8 heteroatoms. The molecular formula is C23H27N5OS2. The van der Waals surface area contributed by atoms with E-state index in [1.54, 1.807) is 16.8 Å². The Kier molecular flexibility index (Phi) is 5.55. The number of nitrogens with zero attached hydrogens (tertiary/aromatic N) is 4. The number of aromatic nitrogens is 2. The molecule has 2 heterocycles. The van der Waals surface area contributed by atoms with Crippen molar-refractivity contribution in [2.45, 2.75) is 52.3 Å². The van der Waals surface area contributed by atoms with Crippen LogP contribution in [0.25, 0.3) is 10.8 Å². The molecule has 0 spiro atoms. The zero-order chi connectivity index (χ0) is 22.4. The number of carbonyl (C=O) groups excluding carboxylic acids is 1. The van der Waals surface area contributed by atoms with Crippen LogP contribution in [0.15, 0.2) is 47.6 Å². The largest absolute Gasteiger partial charge is 0.345 e. The van der Waals surface area contributed by atoms with E-state index in [-0.39, 0.29) is 22.2 Å². The van der Waals surface area contributed by atoms with Crippen LogP contribution in [0.5, 0.6) is 0 Å². The molecule has 0 saturated carbocycles. The van der Waals surface area contributed by atoms with Gasteiger partial charge in [-0.25, -0.2) is 4.79 Å². The van der Waals surface area contributed by atoms with E-state index >= 15 is 0 Å². The summed E-state index contributed by atoms with van der Waals surface area (Å²) in [6, 6.07) is 14.1. The van der Waals surface area contributed by atoms with Gasteiger partial charge in [-0.3, -0.25) is 5.32 Å². The van der Waals surface area contributed by atoms with Gasteiger partial charge in [0.25, 0.3) is 0 Å². The third kappa shape index (κ3) is 4.45. The van der Waals surface area contributed by atoms with Gasteiger partial charge in [0, 0.05) is 10.8 Å². The Morgan fingerprint density at radius 3 is 2.35 bits per heavy atom. The lowest BCUT2D eigenvalue weighted by atomic mass is 9.98. The van der Waals surface area contributed by atoms with Crippen LogP contribution in [0.3, 0.4) is 0 Å². The van der Waals surface area contributed by atoms with E-state index in [0.29, 0.717) is 5.13 Å². The van der Waals surface area contributed by atoms with Gasteiger partial charge in [-0.05, 0) is 16.3 Å². The van der Waals surface area contributed by atoms with Crippen molar-refractivity contribution in [3.05, 3.63) is 53.0 Å². The smallest absolute Gasteiger partial charge is 0.280 e. The molecule has 1 unspecified atom stereocenters. The van der Waals surface area contributed by atoms with Crippen molar-refractivity contribution in [1.29, 1.82) is 0 Å². The van der Waals surface area contributed by atoms with Crippen LogP contribution in [-0.2, 0) is 5.41 Å². The van der Waals surface area contributed by atoms with Crippen LogP contribution in [0, 0.1) is 5.41 Å². The topological polar surface area (TPSA) is 70.5 Å². The molecular weight excluding hydrogens is 426 g/mol. The molecule has 1 atom stereocenters. The minimum Gasteiger partial charge on any atom is -0.280 e. The highest BCUT2D eigenvalue weighted by atomic mass is 32.2. The summed E-state index contributed by atoms with van der Waals surface area (Å²) in [4.78, 5) is 13.3. The lowest BCUT2D eigenvalue weighted by molar-refractivity contribution is 0.211. The molecule has 1 aromatic heterocycles. The number of hydrogen-bond donors (Lipinski definition) is 1. The van der Waals surface area contributed by atoms with E-state index in [9.17, 15) is 4.79 Å². The van der Waals surface area contributed by atoms with E-state index < -0.39 is 0 Å². The Labute approximate surface area is 191 Å². The molecule has 162 valence electrons. The minimum absolute atomic E-state index is 0.118. The van der Waals surface area contributed by atoms with Gasteiger partial charge in [0.15, 0.2) is 0 Å². The van der Waals surface area contributed by atoms with Gasteiger partial charge in [-0.15, -0.1) is 10.2 Å². The second-order valence-corrected chi connectivity index (χ2v) is 11.7. The average molecular weight is 454 g/mol. The zero-order valence-electron chi connectivity index (χ0n) is 18.6. The molecule has 31 heavy (non-hydrogen) atoms. The number of amides is 2. The normalized spacial score (nSPS) is 17.2. The third-order valence-electron chi connectivity index (χ3n) is 4.86. The summed E-state index contributed by atoms with van der Waals surface area (Å²) in [6.45, 7) is 12.6. The summed E-state index contributed by atoms with van der Waals surface area (Å²) in [7, 11) is 0. The summed E-state index contributed by atoms with van der Waals surface area (Å²) in [5.74, 6) is 0. The van der Waals surface area contributed by atoms with Crippen molar-refractivity contribution in [2.24, 2.45) is 10.5 Å². The maximum Gasteiger partial charge on any atom is 0.345 e. The van der Waals surface area contributed by atoms with Crippen molar-refractivity contribution in [3.8, 4) is 0 Å². The molecule has 6 nitrogen and oxygen atoms in total. The third-order valence-corrected chi connectivity index (χ3v) is 7.72. The van der Waals surface area contributed by atoms with Crippen molar-refractivity contribution < 1.29 is 4.79 Å². The van der Waals surface area contributed by atoms with E-state index in [2.05, 4.69) is 81.3 Å². The molecule has 0 radical (unpaired) electrons. The Morgan fingerprint density at radius 2 is 1.68 bits per heavy atom. The Morgan fingerprint density at radius 1 is 0.968 bits per heavy atom. The molecule has 1 N–H and O–H groups in total. The molecule has 3 aromatic rings. The highest BCUT2D eigenvalue weighted by Gasteiger charge is 2.38. The van der Waals surface area contributed by atoms with Gasteiger partial charge in [0.1, 0.15) is 15.4 Å². The summed E-state index contributed by atoms with van der Waals surface area (Å²) < 4.78 is 0.